The Morgan fingerprint density at radius 3 is 2.50 bits per heavy atom. The summed E-state index contributed by atoms with van der Waals surface area (Å²) in [6.07, 6.45) is 2.66. The molecule has 0 radical (unpaired) electrons. The fourth-order valence-corrected chi connectivity index (χ4v) is 2.74. The molecule has 0 saturated carbocycles. The van der Waals surface area contributed by atoms with Crippen LogP contribution in [0.4, 0.5) is 23.1 Å². The number of aromatic nitrogens is 2. The zero-order chi connectivity index (χ0) is 18.5. The van der Waals surface area contributed by atoms with Crippen molar-refractivity contribution in [3.63, 3.8) is 0 Å². The van der Waals surface area contributed by atoms with Crippen LogP contribution in [0.3, 0.4) is 0 Å². The third kappa shape index (κ3) is 4.06. The molecule has 0 aliphatic carbocycles. The molecule has 5 heteroatoms. The summed E-state index contributed by atoms with van der Waals surface area (Å²) in [7, 11) is 0. The first kappa shape index (κ1) is 17.6. The first-order chi connectivity index (χ1) is 12.6. The Morgan fingerprint density at radius 2 is 1.81 bits per heavy atom. The molecule has 0 fully saturated rings. The van der Waals surface area contributed by atoms with Gasteiger partial charge in [-0.3, -0.25) is 4.79 Å². The Balaban J connectivity index is 1.79. The monoisotopic (exact) mass is 346 g/mol. The Bertz CT molecular complexity index is 920. The summed E-state index contributed by atoms with van der Waals surface area (Å²) in [5.74, 6) is 1.27. The van der Waals surface area contributed by atoms with Crippen LogP contribution in [-0.4, -0.2) is 15.8 Å². The molecule has 0 spiro atoms. The first-order valence-corrected chi connectivity index (χ1v) is 8.63. The van der Waals surface area contributed by atoms with E-state index in [1.54, 1.807) is 25.3 Å². The fraction of sp³-hybridized carbons (Fsp3) is 0.190. The molecule has 0 aliphatic rings. The van der Waals surface area contributed by atoms with E-state index in [4.69, 9.17) is 0 Å². The molecular weight excluding hydrogens is 324 g/mol. The van der Waals surface area contributed by atoms with E-state index in [1.165, 1.54) is 11.1 Å². The van der Waals surface area contributed by atoms with Gasteiger partial charge in [0.2, 0.25) is 5.95 Å². The van der Waals surface area contributed by atoms with Gasteiger partial charge in [-0.1, -0.05) is 25.1 Å². The molecule has 0 amide bonds. The highest BCUT2D eigenvalue weighted by atomic mass is 16.1. The third-order valence-electron chi connectivity index (χ3n) is 4.20. The van der Waals surface area contributed by atoms with Gasteiger partial charge in [0.1, 0.15) is 5.82 Å². The number of para-hydroxylation sites is 1. The molecular formula is C21H22N4O. The van der Waals surface area contributed by atoms with Gasteiger partial charge >= 0.3 is 0 Å². The number of carbonyl (C=O) groups is 1. The Labute approximate surface area is 153 Å². The summed E-state index contributed by atoms with van der Waals surface area (Å²) in [5.41, 5.74) is 5.02. The van der Waals surface area contributed by atoms with Gasteiger partial charge in [0.25, 0.3) is 0 Å². The van der Waals surface area contributed by atoms with Crippen molar-refractivity contribution in [1.82, 2.24) is 9.97 Å². The van der Waals surface area contributed by atoms with Crippen molar-refractivity contribution in [1.29, 1.82) is 0 Å². The molecule has 0 bridgehead atoms. The number of Topliss-reactive ketones (excluding diaryl/α,β-unsaturated/α-hetero) is 1. The first-order valence-electron chi connectivity index (χ1n) is 8.63. The van der Waals surface area contributed by atoms with Gasteiger partial charge in [0, 0.05) is 23.1 Å². The van der Waals surface area contributed by atoms with Crippen LogP contribution in [0.1, 0.15) is 35.3 Å². The zero-order valence-electron chi connectivity index (χ0n) is 15.2. The maximum Gasteiger partial charge on any atom is 0.229 e. The lowest BCUT2D eigenvalue weighted by Gasteiger charge is -2.14. The molecule has 2 aromatic carbocycles. The van der Waals surface area contributed by atoms with Crippen molar-refractivity contribution >= 4 is 28.9 Å². The van der Waals surface area contributed by atoms with E-state index >= 15 is 0 Å². The van der Waals surface area contributed by atoms with Gasteiger partial charge in [0.05, 0.1) is 0 Å². The second kappa shape index (κ2) is 7.78. The quantitative estimate of drug-likeness (QED) is 0.612. The molecule has 0 atom stereocenters. The van der Waals surface area contributed by atoms with E-state index in [0.717, 1.165) is 23.6 Å². The van der Waals surface area contributed by atoms with Crippen LogP contribution in [0.2, 0.25) is 0 Å². The summed E-state index contributed by atoms with van der Waals surface area (Å²) < 4.78 is 0. The predicted molar refractivity (Wildman–Crippen MR) is 106 cm³/mol. The molecule has 0 saturated heterocycles. The fourth-order valence-electron chi connectivity index (χ4n) is 2.74. The smallest absolute Gasteiger partial charge is 0.229 e. The SMILES string of the molecule is CCc1cccc(C)c1Nc1ccnc(Nc2ccc(C(C)=O)cc2)n1. The Kier molecular flexibility index (Phi) is 5.27. The highest BCUT2D eigenvalue weighted by molar-refractivity contribution is 5.94. The van der Waals surface area contributed by atoms with Crippen molar-refractivity contribution in [2.75, 3.05) is 10.6 Å². The minimum Gasteiger partial charge on any atom is -0.340 e. The molecule has 2 N–H and O–H groups in total. The molecule has 3 aromatic rings. The van der Waals surface area contributed by atoms with Gasteiger partial charge in [-0.15, -0.1) is 0 Å². The van der Waals surface area contributed by atoms with E-state index < -0.39 is 0 Å². The number of ketones is 1. The van der Waals surface area contributed by atoms with Crippen LogP contribution in [0.15, 0.2) is 54.7 Å². The van der Waals surface area contributed by atoms with Crippen molar-refractivity contribution in [2.45, 2.75) is 27.2 Å². The summed E-state index contributed by atoms with van der Waals surface area (Å²) in [6, 6.07) is 15.4. The van der Waals surface area contributed by atoms with Crippen molar-refractivity contribution in [2.24, 2.45) is 0 Å². The number of carbonyl (C=O) groups excluding carboxylic acids is 1. The highest BCUT2D eigenvalue weighted by Crippen LogP contribution is 2.25. The second-order valence-corrected chi connectivity index (χ2v) is 6.11. The van der Waals surface area contributed by atoms with Crippen molar-refractivity contribution < 1.29 is 4.79 Å². The minimum atomic E-state index is 0.0453. The molecule has 0 unspecified atom stereocenters. The lowest BCUT2D eigenvalue weighted by atomic mass is 10.1. The number of nitrogens with zero attached hydrogens (tertiary/aromatic N) is 2. The van der Waals surface area contributed by atoms with Crippen LogP contribution in [-0.2, 0) is 6.42 Å². The number of rotatable bonds is 6. The van der Waals surface area contributed by atoms with Gasteiger partial charge < -0.3 is 10.6 Å². The standard InChI is InChI=1S/C21H22N4O/c1-4-16-7-5-6-14(2)20(16)24-19-12-13-22-21(25-19)23-18-10-8-17(9-11-18)15(3)26/h5-13H,4H2,1-3H3,(H2,22,23,24,25). The number of benzene rings is 2. The average molecular weight is 346 g/mol. The van der Waals surface area contributed by atoms with Crippen LogP contribution >= 0.6 is 0 Å². The lowest BCUT2D eigenvalue weighted by Crippen LogP contribution is -2.03. The number of anilines is 4. The maximum absolute atomic E-state index is 11.4. The minimum absolute atomic E-state index is 0.0453. The van der Waals surface area contributed by atoms with E-state index in [1.807, 2.05) is 18.2 Å². The van der Waals surface area contributed by atoms with Crippen molar-refractivity contribution in [3.05, 3.63) is 71.4 Å². The molecule has 3 rings (SSSR count). The van der Waals surface area contributed by atoms with Gasteiger partial charge in [-0.05, 0) is 61.7 Å². The van der Waals surface area contributed by atoms with Gasteiger partial charge in [0.15, 0.2) is 5.78 Å². The molecule has 26 heavy (non-hydrogen) atoms. The van der Waals surface area contributed by atoms with Gasteiger partial charge in [-0.25, -0.2) is 4.98 Å². The second-order valence-electron chi connectivity index (χ2n) is 6.11. The zero-order valence-corrected chi connectivity index (χ0v) is 15.2. The molecule has 0 aliphatic heterocycles. The van der Waals surface area contributed by atoms with Crippen LogP contribution in [0.25, 0.3) is 0 Å². The van der Waals surface area contributed by atoms with Crippen LogP contribution in [0, 0.1) is 6.92 Å². The normalized spacial score (nSPS) is 10.4. The molecule has 1 heterocycles. The molecule has 5 nitrogen and oxygen atoms in total. The van der Waals surface area contributed by atoms with Crippen LogP contribution < -0.4 is 10.6 Å². The van der Waals surface area contributed by atoms with E-state index in [9.17, 15) is 4.79 Å². The molecule has 1 aromatic heterocycles. The predicted octanol–water partition coefficient (Wildman–Crippen LogP) is 5.04. The Morgan fingerprint density at radius 1 is 1.04 bits per heavy atom. The van der Waals surface area contributed by atoms with Crippen LogP contribution in [0.5, 0.6) is 0 Å². The van der Waals surface area contributed by atoms with Crippen molar-refractivity contribution in [3.8, 4) is 0 Å². The van der Waals surface area contributed by atoms with E-state index in [0.29, 0.717) is 11.5 Å². The summed E-state index contributed by atoms with van der Waals surface area (Å²) in [5, 5.41) is 6.57. The largest absolute Gasteiger partial charge is 0.340 e. The number of aryl methyl sites for hydroxylation is 2. The maximum atomic E-state index is 11.4. The topological polar surface area (TPSA) is 66.9 Å². The van der Waals surface area contributed by atoms with E-state index in [2.05, 4.69) is 52.6 Å². The van der Waals surface area contributed by atoms with E-state index in [-0.39, 0.29) is 5.78 Å². The molecule has 132 valence electrons. The summed E-state index contributed by atoms with van der Waals surface area (Å²) in [4.78, 5) is 20.2. The number of hydrogen-bond acceptors (Lipinski definition) is 5. The highest BCUT2D eigenvalue weighted by Gasteiger charge is 2.07. The number of hydrogen-bond donors (Lipinski definition) is 2. The third-order valence-corrected chi connectivity index (χ3v) is 4.20. The number of nitrogens with one attached hydrogen (secondary N) is 2. The summed E-state index contributed by atoms with van der Waals surface area (Å²) in [6.45, 7) is 5.77. The average Bonchev–Trinajstić information content (AvgIpc) is 2.64. The summed E-state index contributed by atoms with van der Waals surface area (Å²) >= 11 is 0. The lowest BCUT2D eigenvalue weighted by molar-refractivity contribution is 0.101. The van der Waals surface area contributed by atoms with Gasteiger partial charge in [-0.2, -0.15) is 4.98 Å². The Hall–Kier alpha value is -3.21.